The van der Waals surface area contributed by atoms with Crippen LogP contribution < -0.4 is 5.32 Å². The van der Waals surface area contributed by atoms with Crippen molar-refractivity contribution in [2.24, 2.45) is 0 Å². The number of halogens is 1. The van der Waals surface area contributed by atoms with E-state index in [0.29, 0.717) is 6.61 Å². The molecule has 0 aliphatic rings. The predicted octanol–water partition coefficient (Wildman–Crippen LogP) is 2.62. The summed E-state index contributed by atoms with van der Waals surface area (Å²) in [6, 6.07) is 8.47. The van der Waals surface area contributed by atoms with Crippen molar-refractivity contribution in [1.29, 1.82) is 0 Å². The van der Waals surface area contributed by atoms with Gasteiger partial charge in [-0.1, -0.05) is 24.3 Å². The smallest absolute Gasteiger partial charge is 0.0438 e. The molecule has 0 spiro atoms. The zero-order chi connectivity index (χ0) is 11.6. The Morgan fingerprint density at radius 2 is 2.00 bits per heavy atom. The van der Waals surface area contributed by atoms with Crippen LogP contribution in [-0.2, 0) is 6.54 Å². The number of rotatable bonds is 8. The van der Waals surface area contributed by atoms with Crippen LogP contribution in [0.25, 0.3) is 0 Å². The summed E-state index contributed by atoms with van der Waals surface area (Å²) in [7, 11) is 0. The molecule has 0 heterocycles. The van der Waals surface area contributed by atoms with E-state index in [1.807, 2.05) is 11.8 Å². The largest absolute Gasteiger partial charge is 0.396 e. The van der Waals surface area contributed by atoms with Gasteiger partial charge in [-0.3, -0.25) is 0 Å². The maximum absolute atomic E-state index is 8.62. The summed E-state index contributed by atoms with van der Waals surface area (Å²) in [5.41, 5.74) is 2.73. The molecule has 2 nitrogen and oxygen atoms in total. The van der Waals surface area contributed by atoms with Crippen molar-refractivity contribution in [3.8, 4) is 0 Å². The van der Waals surface area contributed by atoms with Gasteiger partial charge in [-0.25, -0.2) is 0 Å². The third-order valence-electron chi connectivity index (χ3n) is 2.45. The molecule has 0 fully saturated rings. The molecule has 0 atom stereocenters. The second-order valence-electron chi connectivity index (χ2n) is 3.79. The molecule has 98 valence electrons. The highest BCUT2D eigenvalue weighted by atomic mass is 35.5. The standard InChI is InChI=1S/C13H21NOS.ClH/c1-12-5-2-3-6-13(12)11-14-7-10-16-9-4-8-15;/h2-3,5-6,14-15H,4,7-11H2,1H3;1H. The van der Waals surface area contributed by atoms with E-state index in [4.69, 9.17) is 5.11 Å². The van der Waals surface area contributed by atoms with Crippen LogP contribution in [-0.4, -0.2) is 29.8 Å². The molecule has 0 unspecified atom stereocenters. The van der Waals surface area contributed by atoms with Gasteiger partial charge in [0, 0.05) is 25.4 Å². The Morgan fingerprint density at radius 3 is 2.71 bits per heavy atom. The van der Waals surface area contributed by atoms with Crippen LogP contribution in [0.3, 0.4) is 0 Å². The first-order chi connectivity index (χ1) is 7.84. The van der Waals surface area contributed by atoms with Crippen LogP contribution in [0.4, 0.5) is 0 Å². The van der Waals surface area contributed by atoms with Crippen molar-refractivity contribution in [3.05, 3.63) is 35.4 Å². The van der Waals surface area contributed by atoms with E-state index < -0.39 is 0 Å². The normalized spacial score (nSPS) is 10.0. The summed E-state index contributed by atoms with van der Waals surface area (Å²) >= 11 is 1.89. The molecule has 0 saturated heterocycles. The van der Waals surface area contributed by atoms with Crippen LogP contribution in [0.15, 0.2) is 24.3 Å². The van der Waals surface area contributed by atoms with Gasteiger partial charge in [0.05, 0.1) is 0 Å². The molecule has 17 heavy (non-hydrogen) atoms. The van der Waals surface area contributed by atoms with E-state index in [-0.39, 0.29) is 12.4 Å². The summed E-state index contributed by atoms with van der Waals surface area (Å²) < 4.78 is 0. The van der Waals surface area contributed by atoms with Crippen LogP contribution in [0, 0.1) is 6.92 Å². The third kappa shape index (κ3) is 7.66. The third-order valence-corrected chi connectivity index (χ3v) is 3.52. The molecule has 1 aromatic rings. The summed E-state index contributed by atoms with van der Waals surface area (Å²) in [6.07, 6.45) is 0.905. The molecule has 2 N–H and O–H groups in total. The first kappa shape index (κ1) is 16.8. The zero-order valence-corrected chi connectivity index (χ0v) is 11.9. The Kier molecular flexibility index (Phi) is 10.8. The van der Waals surface area contributed by atoms with E-state index in [9.17, 15) is 0 Å². The quantitative estimate of drug-likeness (QED) is 0.716. The number of benzene rings is 1. The summed E-state index contributed by atoms with van der Waals surface area (Å²) in [4.78, 5) is 0. The Hall–Kier alpha value is -0.220. The van der Waals surface area contributed by atoms with Crippen LogP contribution in [0.1, 0.15) is 17.5 Å². The predicted molar refractivity (Wildman–Crippen MR) is 79.2 cm³/mol. The minimum Gasteiger partial charge on any atom is -0.396 e. The molecule has 0 saturated carbocycles. The van der Waals surface area contributed by atoms with E-state index in [0.717, 1.165) is 31.0 Å². The fourth-order valence-corrected chi connectivity index (χ4v) is 2.27. The van der Waals surface area contributed by atoms with Crippen LogP contribution in [0.2, 0.25) is 0 Å². The number of nitrogens with one attached hydrogen (secondary N) is 1. The second kappa shape index (κ2) is 10.9. The molecule has 0 amide bonds. The zero-order valence-electron chi connectivity index (χ0n) is 10.3. The lowest BCUT2D eigenvalue weighted by Gasteiger charge is -2.07. The van der Waals surface area contributed by atoms with Crippen molar-refractivity contribution in [1.82, 2.24) is 5.32 Å². The van der Waals surface area contributed by atoms with E-state index >= 15 is 0 Å². The Bertz CT molecular complexity index is 297. The van der Waals surface area contributed by atoms with Gasteiger partial charge in [-0.05, 0) is 30.2 Å². The highest BCUT2D eigenvalue weighted by Crippen LogP contribution is 2.06. The van der Waals surface area contributed by atoms with Gasteiger partial charge in [-0.2, -0.15) is 11.8 Å². The molecule has 0 aliphatic heterocycles. The van der Waals surface area contributed by atoms with Crippen molar-refractivity contribution in [2.45, 2.75) is 19.9 Å². The Labute approximate surface area is 115 Å². The van der Waals surface area contributed by atoms with Crippen molar-refractivity contribution in [3.63, 3.8) is 0 Å². The monoisotopic (exact) mass is 275 g/mol. The SMILES string of the molecule is Cc1ccccc1CNCCSCCCO.Cl. The van der Waals surface area contributed by atoms with Crippen LogP contribution >= 0.6 is 24.2 Å². The number of hydrogen-bond acceptors (Lipinski definition) is 3. The topological polar surface area (TPSA) is 32.3 Å². The van der Waals surface area contributed by atoms with E-state index in [2.05, 4.69) is 36.5 Å². The summed E-state index contributed by atoms with van der Waals surface area (Å²) in [5, 5.41) is 12.1. The maximum Gasteiger partial charge on any atom is 0.0438 e. The minimum absolute atomic E-state index is 0. The number of hydrogen-bond donors (Lipinski definition) is 2. The molecule has 4 heteroatoms. The van der Waals surface area contributed by atoms with Crippen molar-refractivity contribution < 1.29 is 5.11 Å². The minimum atomic E-state index is 0. The van der Waals surface area contributed by atoms with Gasteiger partial charge >= 0.3 is 0 Å². The average molecular weight is 276 g/mol. The molecule has 0 aliphatic carbocycles. The molecule has 0 radical (unpaired) electrons. The molecule has 1 rings (SSSR count). The van der Waals surface area contributed by atoms with Gasteiger partial charge in [0.2, 0.25) is 0 Å². The van der Waals surface area contributed by atoms with Crippen LogP contribution in [0.5, 0.6) is 0 Å². The maximum atomic E-state index is 8.62. The number of aliphatic hydroxyl groups is 1. The lowest BCUT2D eigenvalue weighted by atomic mass is 10.1. The fourth-order valence-electron chi connectivity index (χ4n) is 1.44. The van der Waals surface area contributed by atoms with Gasteiger partial charge in [-0.15, -0.1) is 12.4 Å². The van der Waals surface area contributed by atoms with Gasteiger partial charge in [0.1, 0.15) is 0 Å². The fraction of sp³-hybridized carbons (Fsp3) is 0.538. The highest BCUT2D eigenvalue weighted by Gasteiger charge is 1.95. The number of aliphatic hydroxyl groups excluding tert-OH is 1. The molecule has 1 aromatic carbocycles. The number of thioether (sulfide) groups is 1. The average Bonchev–Trinajstić information content (AvgIpc) is 2.30. The molecule has 0 aromatic heterocycles. The lowest BCUT2D eigenvalue weighted by Crippen LogP contribution is -2.17. The van der Waals surface area contributed by atoms with Gasteiger partial charge in [0.15, 0.2) is 0 Å². The Balaban J connectivity index is 0.00000256. The highest BCUT2D eigenvalue weighted by molar-refractivity contribution is 7.99. The van der Waals surface area contributed by atoms with Gasteiger partial charge in [0.25, 0.3) is 0 Å². The molecular formula is C13H22ClNOS. The van der Waals surface area contributed by atoms with E-state index in [1.165, 1.54) is 11.1 Å². The first-order valence-electron chi connectivity index (χ1n) is 5.78. The molecular weight excluding hydrogens is 254 g/mol. The number of aryl methyl sites for hydroxylation is 1. The lowest BCUT2D eigenvalue weighted by molar-refractivity contribution is 0.296. The summed E-state index contributed by atoms with van der Waals surface area (Å²) in [6.45, 7) is 4.44. The Morgan fingerprint density at radius 1 is 1.24 bits per heavy atom. The van der Waals surface area contributed by atoms with Gasteiger partial charge < -0.3 is 10.4 Å². The van der Waals surface area contributed by atoms with E-state index in [1.54, 1.807) is 0 Å². The molecule has 0 bridgehead atoms. The van der Waals surface area contributed by atoms with Crippen molar-refractivity contribution in [2.75, 3.05) is 24.7 Å². The second-order valence-corrected chi connectivity index (χ2v) is 5.02. The van der Waals surface area contributed by atoms with Crippen molar-refractivity contribution >= 4 is 24.2 Å². The summed E-state index contributed by atoms with van der Waals surface area (Å²) in [5.74, 6) is 2.18. The first-order valence-corrected chi connectivity index (χ1v) is 6.94.